The lowest BCUT2D eigenvalue weighted by Crippen LogP contribution is -2.40. The van der Waals surface area contributed by atoms with E-state index in [1.54, 1.807) is 12.1 Å². The average Bonchev–Trinajstić information content (AvgIpc) is 2.97. The number of thiophene rings is 1. The first kappa shape index (κ1) is 22.0. The Labute approximate surface area is 154 Å². The zero-order chi connectivity index (χ0) is 16.4. The van der Waals surface area contributed by atoms with Gasteiger partial charge in [0.25, 0.3) is 5.91 Å². The Morgan fingerprint density at radius 1 is 1.22 bits per heavy atom. The van der Waals surface area contributed by atoms with Crippen molar-refractivity contribution in [3.8, 4) is 0 Å². The molecule has 0 atom stereocenters. The molecule has 0 aliphatic heterocycles. The van der Waals surface area contributed by atoms with Gasteiger partial charge >= 0.3 is 6.18 Å². The molecule has 1 rings (SSSR count). The maximum atomic E-state index is 12.0. The van der Waals surface area contributed by atoms with Crippen LogP contribution >= 0.6 is 35.3 Å². The van der Waals surface area contributed by atoms with E-state index >= 15 is 0 Å². The van der Waals surface area contributed by atoms with E-state index in [1.807, 2.05) is 5.38 Å². The van der Waals surface area contributed by atoms with Crippen LogP contribution in [-0.2, 0) is 0 Å². The van der Waals surface area contributed by atoms with Gasteiger partial charge in [0.15, 0.2) is 5.96 Å². The van der Waals surface area contributed by atoms with Crippen molar-refractivity contribution in [2.75, 3.05) is 26.7 Å². The molecule has 0 saturated heterocycles. The maximum Gasteiger partial charge on any atom is 0.390 e. The van der Waals surface area contributed by atoms with Crippen LogP contribution in [-0.4, -0.2) is 44.7 Å². The molecule has 1 heterocycles. The molecule has 0 unspecified atom stereocenters. The van der Waals surface area contributed by atoms with Crippen LogP contribution in [0.5, 0.6) is 0 Å². The number of hydrogen-bond donors (Lipinski definition) is 3. The molecule has 5 nitrogen and oxygen atoms in total. The Morgan fingerprint density at radius 3 is 2.43 bits per heavy atom. The normalized spacial score (nSPS) is 11.6. The van der Waals surface area contributed by atoms with Crippen LogP contribution in [0.15, 0.2) is 22.5 Å². The van der Waals surface area contributed by atoms with Gasteiger partial charge in [-0.25, -0.2) is 0 Å². The van der Waals surface area contributed by atoms with E-state index in [0.717, 1.165) is 0 Å². The minimum atomic E-state index is -4.18. The summed E-state index contributed by atoms with van der Waals surface area (Å²) in [6, 6.07) is 3.54. The molecule has 1 aromatic rings. The first-order valence-electron chi connectivity index (χ1n) is 6.75. The lowest BCUT2D eigenvalue weighted by atomic mass is 10.4. The van der Waals surface area contributed by atoms with E-state index in [-0.39, 0.29) is 36.4 Å². The van der Waals surface area contributed by atoms with Gasteiger partial charge in [-0.15, -0.1) is 35.3 Å². The number of hydrogen-bond acceptors (Lipinski definition) is 3. The van der Waals surface area contributed by atoms with Crippen LogP contribution in [0.25, 0.3) is 0 Å². The van der Waals surface area contributed by atoms with E-state index in [0.29, 0.717) is 30.3 Å². The molecule has 0 aromatic carbocycles. The van der Waals surface area contributed by atoms with Crippen molar-refractivity contribution in [2.45, 2.75) is 19.0 Å². The highest BCUT2D eigenvalue weighted by Gasteiger charge is 2.26. The quantitative estimate of drug-likeness (QED) is 0.252. The highest BCUT2D eigenvalue weighted by atomic mass is 127. The van der Waals surface area contributed by atoms with Gasteiger partial charge < -0.3 is 16.0 Å². The summed E-state index contributed by atoms with van der Waals surface area (Å²) in [5.74, 6) is 0.191. The number of nitrogens with one attached hydrogen (secondary N) is 3. The highest BCUT2D eigenvalue weighted by Crippen LogP contribution is 2.17. The van der Waals surface area contributed by atoms with E-state index in [9.17, 15) is 18.0 Å². The number of carbonyl (C=O) groups is 1. The van der Waals surface area contributed by atoms with E-state index in [1.165, 1.54) is 18.4 Å². The largest absolute Gasteiger partial charge is 0.390 e. The molecular weight excluding hydrogens is 444 g/mol. The Kier molecular flexibility index (Phi) is 11.0. The molecule has 0 spiro atoms. The smallest absolute Gasteiger partial charge is 0.356 e. The number of aliphatic imine (C=N–C) groups is 1. The highest BCUT2D eigenvalue weighted by molar-refractivity contribution is 14.0. The fourth-order valence-electron chi connectivity index (χ4n) is 1.54. The molecule has 23 heavy (non-hydrogen) atoms. The Bertz CT molecular complexity index is 480. The van der Waals surface area contributed by atoms with Gasteiger partial charge in [0, 0.05) is 26.7 Å². The first-order chi connectivity index (χ1) is 10.4. The summed E-state index contributed by atoms with van der Waals surface area (Å²) in [5, 5.41) is 10.1. The third-order valence-electron chi connectivity index (χ3n) is 2.60. The molecule has 0 aliphatic rings. The van der Waals surface area contributed by atoms with Crippen molar-refractivity contribution < 1.29 is 18.0 Å². The summed E-state index contributed by atoms with van der Waals surface area (Å²) in [5.41, 5.74) is 0. The molecule has 0 fully saturated rings. The second-order valence-corrected chi connectivity index (χ2v) is 5.33. The van der Waals surface area contributed by atoms with Crippen LogP contribution in [0, 0.1) is 0 Å². The molecule has 0 saturated carbocycles. The molecule has 1 aromatic heterocycles. The van der Waals surface area contributed by atoms with Gasteiger partial charge in [-0.3, -0.25) is 9.79 Å². The van der Waals surface area contributed by atoms with Crippen molar-refractivity contribution in [1.82, 2.24) is 16.0 Å². The van der Waals surface area contributed by atoms with E-state index < -0.39 is 12.6 Å². The van der Waals surface area contributed by atoms with Gasteiger partial charge in [-0.2, -0.15) is 13.2 Å². The van der Waals surface area contributed by atoms with Gasteiger partial charge in [0.2, 0.25) is 0 Å². The van der Waals surface area contributed by atoms with Gasteiger partial charge in [-0.1, -0.05) is 6.07 Å². The second-order valence-electron chi connectivity index (χ2n) is 4.38. The molecule has 10 heteroatoms. The summed E-state index contributed by atoms with van der Waals surface area (Å²) >= 11 is 1.37. The monoisotopic (exact) mass is 464 g/mol. The van der Waals surface area contributed by atoms with Crippen molar-refractivity contribution in [3.63, 3.8) is 0 Å². The molecule has 0 radical (unpaired) electrons. The second kappa shape index (κ2) is 11.5. The summed E-state index contributed by atoms with van der Waals surface area (Å²) in [7, 11) is 1.49. The van der Waals surface area contributed by atoms with Crippen LogP contribution in [0.3, 0.4) is 0 Å². The zero-order valence-corrected chi connectivity index (χ0v) is 15.7. The topological polar surface area (TPSA) is 65.5 Å². The zero-order valence-electron chi connectivity index (χ0n) is 12.6. The molecule has 0 aliphatic carbocycles. The van der Waals surface area contributed by atoms with Crippen molar-refractivity contribution >= 4 is 47.2 Å². The Balaban J connectivity index is 0.00000484. The fraction of sp³-hybridized carbons (Fsp3) is 0.538. The minimum Gasteiger partial charge on any atom is -0.356 e. The van der Waals surface area contributed by atoms with Crippen LogP contribution in [0.2, 0.25) is 0 Å². The average molecular weight is 464 g/mol. The third kappa shape index (κ3) is 10.4. The van der Waals surface area contributed by atoms with E-state index in [4.69, 9.17) is 0 Å². The molecular formula is C13H20F3IN4OS. The molecule has 1 amide bonds. The van der Waals surface area contributed by atoms with E-state index in [2.05, 4.69) is 20.9 Å². The SMILES string of the molecule is CN=C(NCCCNC(=O)c1cccs1)NCCC(F)(F)F.I. The van der Waals surface area contributed by atoms with Crippen molar-refractivity contribution in [1.29, 1.82) is 0 Å². The number of guanidine groups is 1. The lowest BCUT2D eigenvalue weighted by molar-refractivity contribution is -0.132. The van der Waals surface area contributed by atoms with Crippen molar-refractivity contribution in [3.05, 3.63) is 22.4 Å². The lowest BCUT2D eigenvalue weighted by Gasteiger charge is -2.13. The predicted octanol–water partition coefficient (Wildman–Crippen LogP) is 2.60. The number of nitrogens with zero attached hydrogens (tertiary/aromatic N) is 1. The first-order valence-corrected chi connectivity index (χ1v) is 7.63. The number of alkyl halides is 3. The maximum absolute atomic E-state index is 12.0. The number of rotatable bonds is 7. The summed E-state index contributed by atoms with van der Waals surface area (Å²) in [4.78, 5) is 16.1. The number of halogens is 4. The predicted molar refractivity (Wildman–Crippen MR) is 96.7 cm³/mol. The van der Waals surface area contributed by atoms with Crippen molar-refractivity contribution in [2.24, 2.45) is 4.99 Å². The Morgan fingerprint density at radius 2 is 1.87 bits per heavy atom. The molecule has 132 valence electrons. The van der Waals surface area contributed by atoms with Gasteiger partial charge in [0.1, 0.15) is 0 Å². The van der Waals surface area contributed by atoms with Crippen LogP contribution in [0.1, 0.15) is 22.5 Å². The van der Waals surface area contributed by atoms with Gasteiger partial charge in [-0.05, 0) is 17.9 Å². The Hall–Kier alpha value is -1.04. The number of amides is 1. The number of carbonyl (C=O) groups excluding carboxylic acids is 1. The standard InChI is InChI=1S/C13H19F3N4OS.HI/c1-17-12(20-8-5-13(14,15)16)19-7-3-6-18-11(21)10-4-2-9-22-10;/h2,4,9H,3,5-8H2,1H3,(H,18,21)(H2,17,19,20);1H. The molecule has 0 bridgehead atoms. The third-order valence-corrected chi connectivity index (χ3v) is 3.47. The fourth-order valence-corrected chi connectivity index (χ4v) is 2.18. The van der Waals surface area contributed by atoms with Gasteiger partial charge in [0.05, 0.1) is 11.3 Å². The summed E-state index contributed by atoms with van der Waals surface area (Å²) < 4.78 is 36.0. The van der Waals surface area contributed by atoms with Crippen LogP contribution in [0.4, 0.5) is 13.2 Å². The molecule has 3 N–H and O–H groups in total. The summed E-state index contributed by atoms with van der Waals surface area (Å²) in [6.45, 7) is 0.748. The van der Waals surface area contributed by atoms with Crippen LogP contribution < -0.4 is 16.0 Å². The summed E-state index contributed by atoms with van der Waals surface area (Å²) in [6.07, 6.45) is -4.46. The minimum absolute atomic E-state index is 0.